The number of aromatic nitrogens is 1. The number of nitrogens with zero attached hydrogens (tertiary/aromatic N) is 3. The average molecular weight is 489 g/mol. The third-order valence-corrected chi connectivity index (χ3v) is 6.81. The summed E-state index contributed by atoms with van der Waals surface area (Å²) in [6, 6.07) is 18.1. The highest BCUT2D eigenvalue weighted by Crippen LogP contribution is 2.27. The number of urea groups is 1. The predicted molar refractivity (Wildman–Crippen MR) is 143 cm³/mol. The molecule has 1 saturated heterocycles. The first-order valence-corrected chi connectivity index (χ1v) is 12.5. The van der Waals surface area contributed by atoms with Gasteiger partial charge in [0.1, 0.15) is 11.5 Å². The first kappa shape index (κ1) is 25.5. The molecule has 0 atom stereocenters. The molecule has 2 heterocycles. The van der Waals surface area contributed by atoms with Crippen molar-refractivity contribution in [2.24, 2.45) is 0 Å². The molecule has 0 radical (unpaired) electrons. The van der Waals surface area contributed by atoms with E-state index in [0.717, 1.165) is 55.8 Å². The van der Waals surface area contributed by atoms with Crippen molar-refractivity contribution >= 4 is 11.7 Å². The molecule has 0 aliphatic carbocycles. The number of nitrogens with one attached hydrogen (secondary N) is 1. The molecule has 1 fully saturated rings. The Balaban J connectivity index is 1.40. The van der Waals surface area contributed by atoms with E-state index in [1.165, 1.54) is 5.56 Å². The van der Waals surface area contributed by atoms with Gasteiger partial charge in [-0.2, -0.15) is 0 Å². The Kier molecular flexibility index (Phi) is 8.79. The maximum atomic E-state index is 13.6. The minimum absolute atomic E-state index is 0.112. The van der Waals surface area contributed by atoms with Crippen LogP contribution in [0, 0.1) is 6.92 Å². The summed E-state index contributed by atoms with van der Waals surface area (Å²) < 4.78 is 10.7. The third-order valence-electron chi connectivity index (χ3n) is 6.81. The van der Waals surface area contributed by atoms with E-state index in [0.29, 0.717) is 18.0 Å². The van der Waals surface area contributed by atoms with E-state index >= 15 is 0 Å². The van der Waals surface area contributed by atoms with Gasteiger partial charge in [-0.1, -0.05) is 24.3 Å². The van der Waals surface area contributed by atoms with Crippen molar-refractivity contribution in [3.05, 3.63) is 83.7 Å². The number of methoxy groups -OCH3 is 2. The van der Waals surface area contributed by atoms with Gasteiger partial charge >= 0.3 is 6.03 Å². The van der Waals surface area contributed by atoms with Gasteiger partial charge in [-0.15, -0.1) is 0 Å². The van der Waals surface area contributed by atoms with Crippen LogP contribution in [0.1, 0.15) is 29.5 Å². The van der Waals surface area contributed by atoms with Crippen LogP contribution >= 0.6 is 0 Å². The molecule has 2 amide bonds. The third kappa shape index (κ3) is 6.76. The molecule has 36 heavy (non-hydrogen) atoms. The molecule has 1 aliphatic heterocycles. The maximum absolute atomic E-state index is 13.6. The van der Waals surface area contributed by atoms with Crippen molar-refractivity contribution in [3.63, 3.8) is 0 Å². The average Bonchev–Trinajstić information content (AvgIpc) is 2.92. The topological polar surface area (TPSA) is 66.9 Å². The first-order chi connectivity index (χ1) is 17.6. The molecule has 7 nitrogen and oxygen atoms in total. The Hall–Kier alpha value is -3.58. The van der Waals surface area contributed by atoms with Crippen LogP contribution in [-0.2, 0) is 13.0 Å². The molecule has 0 saturated carbocycles. The van der Waals surface area contributed by atoms with E-state index in [1.807, 2.05) is 60.5 Å². The van der Waals surface area contributed by atoms with Crippen molar-refractivity contribution in [3.8, 4) is 11.5 Å². The summed E-state index contributed by atoms with van der Waals surface area (Å²) in [6.07, 6.45) is 6.45. The van der Waals surface area contributed by atoms with Crippen molar-refractivity contribution < 1.29 is 14.3 Å². The zero-order valence-electron chi connectivity index (χ0n) is 21.4. The fraction of sp³-hybridized carbons (Fsp3) is 0.379. The summed E-state index contributed by atoms with van der Waals surface area (Å²) in [6.45, 7) is 5.46. The first-order valence-electron chi connectivity index (χ1n) is 12.5. The van der Waals surface area contributed by atoms with Crippen LogP contribution in [-0.4, -0.2) is 60.7 Å². The Morgan fingerprint density at radius 3 is 2.50 bits per heavy atom. The zero-order chi connectivity index (χ0) is 25.3. The van der Waals surface area contributed by atoms with Crippen LogP contribution in [0.2, 0.25) is 0 Å². The van der Waals surface area contributed by atoms with E-state index in [9.17, 15) is 4.79 Å². The van der Waals surface area contributed by atoms with Crippen LogP contribution in [0.15, 0.2) is 67.0 Å². The number of pyridine rings is 1. The number of aryl methyl sites for hydroxylation is 1. The summed E-state index contributed by atoms with van der Waals surface area (Å²) in [7, 11) is 3.31. The molecule has 1 aromatic heterocycles. The lowest BCUT2D eigenvalue weighted by Crippen LogP contribution is -2.48. The lowest BCUT2D eigenvalue weighted by atomic mass is 10.0. The second-order valence-corrected chi connectivity index (χ2v) is 9.29. The number of carbonyl (C=O) groups is 1. The van der Waals surface area contributed by atoms with Gasteiger partial charge in [0.05, 0.1) is 19.9 Å². The number of piperidine rings is 1. The van der Waals surface area contributed by atoms with Gasteiger partial charge in [0.25, 0.3) is 0 Å². The van der Waals surface area contributed by atoms with Gasteiger partial charge in [0, 0.05) is 44.6 Å². The molecule has 1 N–H and O–H groups in total. The molecule has 4 rings (SSSR count). The molecular formula is C29H36N4O3. The Morgan fingerprint density at radius 2 is 1.83 bits per heavy atom. The van der Waals surface area contributed by atoms with Crippen molar-refractivity contribution in [1.82, 2.24) is 14.8 Å². The molecule has 3 aromatic rings. The molecule has 0 bridgehead atoms. The maximum Gasteiger partial charge on any atom is 0.322 e. The lowest BCUT2D eigenvalue weighted by Gasteiger charge is -2.38. The van der Waals surface area contributed by atoms with E-state index in [-0.39, 0.29) is 12.1 Å². The second-order valence-electron chi connectivity index (χ2n) is 9.29. The fourth-order valence-electron chi connectivity index (χ4n) is 4.70. The smallest absolute Gasteiger partial charge is 0.322 e. The van der Waals surface area contributed by atoms with Crippen LogP contribution in [0.25, 0.3) is 0 Å². The van der Waals surface area contributed by atoms with Crippen LogP contribution < -0.4 is 14.8 Å². The highest BCUT2D eigenvalue weighted by molar-refractivity contribution is 5.91. The highest BCUT2D eigenvalue weighted by Gasteiger charge is 2.28. The Bertz CT molecular complexity index is 1110. The Labute approximate surface area is 214 Å². The normalized spacial score (nSPS) is 14.3. The summed E-state index contributed by atoms with van der Waals surface area (Å²) >= 11 is 0. The zero-order valence-corrected chi connectivity index (χ0v) is 21.4. The molecule has 0 spiro atoms. The number of benzene rings is 2. The number of amides is 2. The van der Waals surface area contributed by atoms with Crippen molar-refractivity contribution in [2.45, 2.75) is 38.8 Å². The van der Waals surface area contributed by atoms with Gasteiger partial charge in [0.2, 0.25) is 0 Å². The number of ether oxygens (including phenoxy) is 2. The fourth-order valence-corrected chi connectivity index (χ4v) is 4.70. The molecular weight excluding hydrogens is 452 g/mol. The summed E-state index contributed by atoms with van der Waals surface area (Å²) in [4.78, 5) is 22.3. The number of hydrogen-bond donors (Lipinski definition) is 1. The SMILES string of the molecule is COc1ccc(CCN2CCC(N(Cc3cccnc3)C(=O)Nc3cc(C)ccc3OC)CC2)cc1. The van der Waals surface area contributed by atoms with Gasteiger partial charge in [0.15, 0.2) is 0 Å². The minimum atomic E-state index is -0.112. The molecule has 2 aromatic carbocycles. The quantitative estimate of drug-likeness (QED) is 0.451. The predicted octanol–water partition coefficient (Wildman–Crippen LogP) is 5.15. The lowest BCUT2D eigenvalue weighted by molar-refractivity contribution is 0.124. The van der Waals surface area contributed by atoms with Crippen LogP contribution in [0.5, 0.6) is 11.5 Å². The van der Waals surface area contributed by atoms with Gasteiger partial charge in [-0.25, -0.2) is 4.79 Å². The highest BCUT2D eigenvalue weighted by atomic mass is 16.5. The van der Waals surface area contributed by atoms with E-state index in [2.05, 4.69) is 27.3 Å². The number of rotatable bonds is 9. The van der Waals surface area contributed by atoms with Crippen LogP contribution in [0.3, 0.4) is 0 Å². The number of likely N-dealkylation sites (tertiary alicyclic amines) is 1. The largest absolute Gasteiger partial charge is 0.497 e. The molecule has 1 aliphatic rings. The summed E-state index contributed by atoms with van der Waals surface area (Å²) in [5.41, 5.74) is 4.08. The second kappa shape index (κ2) is 12.4. The molecule has 0 unspecified atom stereocenters. The van der Waals surface area contributed by atoms with Gasteiger partial charge < -0.3 is 24.6 Å². The molecule has 190 valence electrons. The Morgan fingerprint density at radius 1 is 1.06 bits per heavy atom. The number of hydrogen-bond acceptors (Lipinski definition) is 5. The van der Waals surface area contributed by atoms with Crippen molar-refractivity contribution in [1.29, 1.82) is 0 Å². The minimum Gasteiger partial charge on any atom is -0.497 e. The number of anilines is 1. The monoisotopic (exact) mass is 488 g/mol. The summed E-state index contributed by atoms with van der Waals surface area (Å²) in [5.74, 6) is 1.54. The van der Waals surface area contributed by atoms with E-state index in [4.69, 9.17) is 9.47 Å². The van der Waals surface area contributed by atoms with Crippen LogP contribution in [0.4, 0.5) is 10.5 Å². The standard InChI is InChI=1S/C29H36N4O3/c1-22-6-11-28(36-3)27(19-22)31-29(34)33(21-24-5-4-15-30-20-24)25-13-17-32(18-14-25)16-12-23-7-9-26(35-2)10-8-23/h4-11,15,19-20,25H,12-14,16-18,21H2,1-3H3,(H,31,34). The summed E-state index contributed by atoms with van der Waals surface area (Å²) in [5, 5.41) is 3.10. The number of carbonyl (C=O) groups excluding carboxylic acids is 1. The van der Waals surface area contributed by atoms with Crippen molar-refractivity contribution in [2.75, 3.05) is 39.2 Å². The molecule has 7 heteroatoms. The van der Waals surface area contributed by atoms with E-state index < -0.39 is 0 Å². The van der Waals surface area contributed by atoms with E-state index in [1.54, 1.807) is 20.4 Å². The van der Waals surface area contributed by atoms with Gasteiger partial charge in [-0.05, 0) is 73.2 Å². The van der Waals surface area contributed by atoms with Gasteiger partial charge in [-0.3, -0.25) is 4.98 Å².